The third-order valence-corrected chi connectivity index (χ3v) is 3.27. The van der Waals surface area contributed by atoms with E-state index in [1.54, 1.807) is 0 Å². The molecule has 1 aromatic rings. The molecule has 2 amide bonds. The standard InChI is InChI=1S/C15H17NO3/c1-3-11(2)14(17)16-13(10-19-15(16)18)9-12-7-5-4-6-8-12/h2,4-8,11,13H,3,9-10H2,1H3. The van der Waals surface area contributed by atoms with E-state index in [0.717, 1.165) is 5.56 Å². The van der Waals surface area contributed by atoms with Gasteiger partial charge in [0.1, 0.15) is 6.61 Å². The van der Waals surface area contributed by atoms with Gasteiger partial charge in [0.25, 0.3) is 0 Å². The second-order valence-electron chi connectivity index (χ2n) is 4.64. The topological polar surface area (TPSA) is 46.6 Å². The predicted molar refractivity (Wildman–Crippen MR) is 70.2 cm³/mol. The zero-order valence-electron chi connectivity index (χ0n) is 10.9. The lowest BCUT2D eigenvalue weighted by molar-refractivity contribution is -0.132. The number of amides is 2. The number of carbonyl (C=O) groups is 2. The van der Waals surface area contributed by atoms with Crippen LogP contribution in [0.15, 0.2) is 30.3 Å². The summed E-state index contributed by atoms with van der Waals surface area (Å²) in [7, 11) is 0. The van der Waals surface area contributed by atoms with E-state index in [1.165, 1.54) is 4.90 Å². The van der Waals surface area contributed by atoms with Gasteiger partial charge >= 0.3 is 6.09 Å². The fourth-order valence-corrected chi connectivity index (χ4v) is 2.12. The quantitative estimate of drug-likeness (QED) is 0.833. The molecule has 2 radical (unpaired) electrons. The van der Waals surface area contributed by atoms with Crippen LogP contribution >= 0.6 is 0 Å². The molecule has 1 aliphatic heterocycles. The molecule has 0 aromatic heterocycles. The zero-order chi connectivity index (χ0) is 13.8. The molecule has 4 nitrogen and oxygen atoms in total. The smallest absolute Gasteiger partial charge is 0.416 e. The number of hydrogen-bond acceptors (Lipinski definition) is 3. The van der Waals surface area contributed by atoms with E-state index in [9.17, 15) is 9.59 Å². The summed E-state index contributed by atoms with van der Waals surface area (Å²) >= 11 is 0. The first-order valence-corrected chi connectivity index (χ1v) is 6.42. The molecule has 0 N–H and O–H groups in total. The van der Waals surface area contributed by atoms with E-state index in [2.05, 4.69) is 0 Å². The lowest BCUT2D eigenvalue weighted by atomic mass is 10.0. The summed E-state index contributed by atoms with van der Waals surface area (Å²) in [6.45, 7) is 7.76. The summed E-state index contributed by atoms with van der Waals surface area (Å²) < 4.78 is 4.98. The fraction of sp³-hybridized carbons (Fsp3) is 0.400. The van der Waals surface area contributed by atoms with Crippen molar-refractivity contribution in [1.82, 2.24) is 4.90 Å². The first kappa shape index (κ1) is 13.6. The van der Waals surface area contributed by atoms with Crippen molar-refractivity contribution < 1.29 is 14.3 Å². The molecule has 0 spiro atoms. The average Bonchev–Trinajstić information content (AvgIpc) is 2.79. The molecule has 1 aliphatic rings. The van der Waals surface area contributed by atoms with Crippen LogP contribution in [0, 0.1) is 12.8 Å². The Morgan fingerprint density at radius 3 is 2.79 bits per heavy atom. The summed E-state index contributed by atoms with van der Waals surface area (Å²) in [5, 5.41) is 0. The number of ether oxygens (including phenoxy) is 1. The van der Waals surface area contributed by atoms with Crippen LogP contribution in [0.1, 0.15) is 18.9 Å². The van der Waals surface area contributed by atoms with Gasteiger partial charge in [-0.2, -0.15) is 0 Å². The molecule has 2 unspecified atom stereocenters. The number of imide groups is 1. The molecule has 0 aliphatic carbocycles. The third kappa shape index (κ3) is 2.95. The lowest BCUT2D eigenvalue weighted by Gasteiger charge is -2.22. The van der Waals surface area contributed by atoms with Gasteiger partial charge < -0.3 is 4.74 Å². The van der Waals surface area contributed by atoms with Crippen molar-refractivity contribution in [2.45, 2.75) is 25.8 Å². The van der Waals surface area contributed by atoms with Crippen LogP contribution in [0.2, 0.25) is 0 Å². The maximum absolute atomic E-state index is 12.1. The maximum Gasteiger partial charge on any atom is 0.416 e. The van der Waals surface area contributed by atoms with Crippen LogP contribution in [-0.2, 0) is 16.0 Å². The van der Waals surface area contributed by atoms with Crippen LogP contribution in [0.25, 0.3) is 0 Å². The molecular weight excluding hydrogens is 242 g/mol. The molecule has 0 saturated carbocycles. The third-order valence-electron chi connectivity index (χ3n) is 3.27. The van der Waals surface area contributed by atoms with E-state index < -0.39 is 12.0 Å². The highest BCUT2D eigenvalue weighted by Crippen LogP contribution is 2.20. The van der Waals surface area contributed by atoms with Crippen LogP contribution in [-0.4, -0.2) is 29.5 Å². The van der Waals surface area contributed by atoms with Crippen LogP contribution in [0.4, 0.5) is 4.79 Å². The molecule has 4 heteroatoms. The van der Waals surface area contributed by atoms with Crippen molar-refractivity contribution >= 4 is 12.0 Å². The molecule has 1 fully saturated rings. The fourth-order valence-electron chi connectivity index (χ4n) is 2.12. The Hall–Kier alpha value is -1.84. The highest BCUT2D eigenvalue weighted by atomic mass is 16.6. The first-order chi connectivity index (χ1) is 9.13. The Labute approximate surface area is 113 Å². The number of carbonyl (C=O) groups excluding carboxylic acids is 2. The van der Waals surface area contributed by atoms with Gasteiger partial charge in [-0.05, 0) is 25.3 Å². The molecular formula is C15H17NO3. The van der Waals surface area contributed by atoms with Crippen LogP contribution in [0.3, 0.4) is 0 Å². The van der Waals surface area contributed by atoms with Gasteiger partial charge in [0.15, 0.2) is 0 Å². The summed E-state index contributed by atoms with van der Waals surface area (Å²) in [6, 6.07) is 9.44. The second kappa shape index (κ2) is 5.87. The Kier molecular flexibility index (Phi) is 4.20. The van der Waals surface area contributed by atoms with Gasteiger partial charge in [0.2, 0.25) is 5.91 Å². The van der Waals surface area contributed by atoms with E-state index in [-0.39, 0.29) is 18.6 Å². The summed E-state index contributed by atoms with van der Waals surface area (Å²) in [4.78, 5) is 24.9. The SMILES string of the molecule is [CH]C(CC)C(=O)N1C(=O)OCC1Cc1ccccc1. The van der Waals surface area contributed by atoms with Crippen LogP contribution in [0.5, 0.6) is 0 Å². The predicted octanol–water partition coefficient (Wildman–Crippen LogP) is 2.31. The van der Waals surface area contributed by atoms with Crippen molar-refractivity contribution in [3.63, 3.8) is 0 Å². The van der Waals surface area contributed by atoms with Gasteiger partial charge in [-0.1, -0.05) is 37.3 Å². The van der Waals surface area contributed by atoms with E-state index in [0.29, 0.717) is 12.8 Å². The van der Waals surface area contributed by atoms with Crippen molar-refractivity contribution in [1.29, 1.82) is 0 Å². The number of nitrogens with zero attached hydrogens (tertiary/aromatic N) is 1. The Morgan fingerprint density at radius 2 is 2.16 bits per heavy atom. The molecule has 2 atom stereocenters. The number of cyclic esters (lactones) is 1. The summed E-state index contributed by atoms with van der Waals surface area (Å²) in [5.41, 5.74) is 1.06. The minimum Gasteiger partial charge on any atom is -0.447 e. The molecule has 1 aromatic carbocycles. The average molecular weight is 259 g/mol. The number of hydrogen-bond donors (Lipinski definition) is 0. The van der Waals surface area contributed by atoms with Crippen LogP contribution < -0.4 is 0 Å². The Bertz CT molecular complexity index is 458. The monoisotopic (exact) mass is 259 g/mol. The minimum absolute atomic E-state index is 0.232. The first-order valence-electron chi connectivity index (χ1n) is 6.42. The van der Waals surface area contributed by atoms with Gasteiger partial charge in [-0.25, -0.2) is 9.69 Å². The molecule has 100 valence electrons. The number of rotatable bonds is 4. The highest BCUT2D eigenvalue weighted by molar-refractivity contribution is 5.95. The van der Waals surface area contributed by atoms with Gasteiger partial charge in [-0.15, -0.1) is 0 Å². The molecule has 1 saturated heterocycles. The molecule has 1 heterocycles. The van der Waals surface area contributed by atoms with Gasteiger partial charge in [0.05, 0.1) is 6.04 Å². The van der Waals surface area contributed by atoms with E-state index in [1.807, 2.05) is 37.3 Å². The summed E-state index contributed by atoms with van der Waals surface area (Å²) in [5.74, 6) is -1.00. The molecule has 0 bridgehead atoms. The van der Waals surface area contributed by atoms with Crippen molar-refractivity contribution in [2.75, 3.05) is 6.61 Å². The Morgan fingerprint density at radius 1 is 1.47 bits per heavy atom. The van der Waals surface area contributed by atoms with Crippen molar-refractivity contribution in [3.05, 3.63) is 42.8 Å². The molecule has 19 heavy (non-hydrogen) atoms. The molecule has 2 rings (SSSR count). The van der Waals surface area contributed by atoms with Gasteiger partial charge in [-0.3, -0.25) is 4.79 Å². The van der Waals surface area contributed by atoms with E-state index >= 15 is 0 Å². The van der Waals surface area contributed by atoms with Crippen molar-refractivity contribution in [2.24, 2.45) is 5.92 Å². The highest BCUT2D eigenvalue weighted by Gasteiger charge is 2.39. The number of benzene rings is 1. The zero-order valence-corrected chi connectivity index (χ0v) is 10.9. The van der Waals surface area contributed by atoms with Crippen molar-refractivity contribution in [3.8, 4) is 0 Å². The van der Waals surface area contributed by atoms with E-state index in [4.69, 9.17) is 11.7 Å². The minimum atomic E-state index is -0.649. The second-order valence-corrected chi connectivity index (χ2v) is 4.64. The summed E-state index contributed by atoms with van der Waals surface area (Å²) in [6.07, 6.45) is 0.505. The largest absolute Gasteiger partial charge is 0.447 e. The lowest BCUT2D eigenvalue weighted by Crippen LogP contribution is -2.42. The van der Waals surface area contributed by atoms with Gasteiger partial charge in [0, 0.05) is 5.92 Å². The maximum atomic E-state index is 12.1. The normalized spacial score (nSPS) is 20.2. The Balaban J connectivity index is 2.11.